The van der Waals surface area contributed by atoms with Gasteiger partial charge in [0.05, 0.1) is 14.2 Å². The van der Waals surface area contributed by atoms with Gasteiger partial charge < -0.3 is 30.7 Å². The molecule has 0 aromatic heterocycles. The number of unbranched alkanes of at least 4 members (excludes halogenated alkanes) is 10. The van der Waals surface area contributed by atoms with Crippen LogP contribution >= 0.6 is 21.6 Å². The van der Waals surface area contributed by atoms with Crippen LogP contribution in [0.4, 0.5) is 0 Å². The molecule has 4 N–H and O–H groups in total. The first-order valence-corrected chi connectivity index (χ1v) is 19.6. The third-order valence-electron chi connectivity index (χ3n) is 7.74. The van der Waals surface area contributed by atoms with E-state index in [2.05, 4.69) is 45.5 Å². The molecule has 0 saturated carbocycles. The second-order valence-corrected chi connectivity index (χ2v) is 14.1. The molecule has 0 fully saturated rings. The smallest absolute Gasteiger partial charge is 0.123 e. The molecule has 0 aliphatic rings. The molecule has 0 saturated heterocycles. The Bertz CT molecular complexity index is 848. The molecule has 0 atom stereocenters. The van der Waals surface area contributed by atoms with Crippen molar-refractivity contribution in [3.05, 3.63) is 59.7 Å². The first-order chi connectivity index (χ1) is 21.8. The molecule has 0 heterocycles. The minimum absolute atomic E-state index is 0.886. The van der Waals surface area contributed by atoms with E-state index in [0.29, 0.717) is 0 Å². The van der Waals surface area contributed by atoms with E-state index < -0.39 is 0 Å². The summed E-state index contributed by atoms with van der Waals surface area (Å²) in [6.45, 7) is 8.51. The van der Waals surface area contributed by atoms with Gasteiger partial charge in [-0.3, -0.25) is 0 Å². The van der Waals surface area contributed by atoms with Crippen LogP contribution in [-0.4, -0.2) is 65.0 Å². The molecule has 0 aliphatic heterocycles. The highest BCUT2D eigenvalue weighted by Gasteiger charge is 2.02. The van der Waals surface area contributed by atoms with Crippen LogP contribution in [0.3, 0.4) is 0 Å². The standard InChI is InChI=1S/C36H62N4O2S2/c1-41-35-21-13-11-19-33(35)31-39-25-17-9-5-3-7-15-23-37-27-29-43-44-30-28-38-24-16-8-4-6-10-18-26-40-32-34-20-12-14-22-36(34)42-2/h11-14,19-22,37-40H,3-10,15-18,23-32H2,1-2H3. The summed E-state index contributed by atoms with van der Waals surface area (Å²) in [6, 6.07) is 16.5. The molecule has 0 spiro atoms. The van der Waals surface area contributed by atoms with Crippen molar-refractivity contribution in [2.24, 2.45) is 0 Å². The normalized spacial score (nSPS) is 11.2. The van der Waals surface area contributed by atoms with Gasteiger partial charge in [-0.25, -0.2) is 0 Å². The van der Waals surface area contributed by atoms with E-state index in [1.807, 2.05) is 45.9 Å². The first-order valence-electron chi connectivity index (χ1n) is 17.2. The zero-order valence-corrected chi connectivity index (χ0v) is 29.4. The Morgan fingerprint density at radius 3 is 1.16 bits per heavy atom. The number of hydrogen-bond donors (Lipinski definition) is 4. The third-order valence-corrected chi connectivity index (χ3v) is 10.1. The predicted molar refractivity (Wildman–Crippen MR) is 195 cm³/mol. The Hall–Kier alpha value is -1.42. The molecule has 0 bridgehead atoms. The lowest BCUT2D eigenvalue weighted by Crippen LogP contribution is -2.19. The molecular formula is C36H62N4O2S2. The first kappa shape index (κ1) is 38.8. The Morgan fingerprint density at radius 2 is 0.773 bits per heavy atom. The van der Waals surface area contributed by atoms with Gasteiger partial charge in [-0.15, -0.1) is 0 Å². The van der Waals surface area contributed by atoms with Crippen molar-refractivity contribution in [1.82, 2.24) is 21.3 Å². The second-order valence-electron chi connectivity index (χ2n) is 11.4. The van der Waals surface area contributed by atoms with Gasteiger partial charge in [-0.05, 0) is 64.0 Å². The van der Waals surface area contributed by atoms with Crippen LogP contribution < -0.4 is 30.7 Å². The van der Waals surface area contributed by atoms with Gasteiger partial charge in [0.1, 0.15) is 11.5 Å². The molecule has 2 rings (SSSR count). The van der Waals surface area contributed by atoms with Gasteiger partial charge in [-0.1, -0.05) is 109 Å². The van der Waals surface area contributed by atoms with Gasteiger partial charge in [0, 0.05) is 48.8 Å². The molecule has 2 aromatic carbocycles. The molecule has 8 heteroatoms. The molecular weight excluding hydrogens is 585 g/mol. The summed E-state index contributed by atoms with van der Waals surface area (Å²) in [7, 11) is 7.50. The Kier molecular flexibility index (Phi) is 25.6. The average Bonchev–Trinajstić information content (AvgIpc) is 3.06. The van der Waals surface area contributed by atoms with Crippen molar-refractivity contribution < 1.29 is 9.47 Å². The summed E-state index contributed by atoms with van der Waals surface area (Å²) in [5.74, 6) is 4.35. The number of ether oxygens (including phenoxy) is 2. The molecule has 0 radical (unpaired) electrons. The number of benzene rings is 2. The van der Waals surface area contributed by atoms with E-state index >= 15 is 0 Å². The molecule has 0 unspecified atom stereocenters. The predicted octanol–water partition coefficient (Wildman–Crippen LogP) is 7.83. The lowest BCUT2D eigenvalue weighted by Gasteiger charge is -2.09. The van der Waals surface area contributed by atoms with Crippen molar-refractivity contribution >= 4 is 21.6 Å². The third kappa shape index (κ3) is 20.6. The molecule has 0 amide bonds. The van der Waals surface area contributed by atoms with Gasteiger partial charge >= 0.3 is 0 Å². The number of methoxy groups -OCH3 is 2. The molecule has 44 heavy (non-hydrogen) atoms. The summed E-state index contributed by atoms with van der Waals surface area (Å²) in [6.07, 6.45) is 15.9. The fourth-order valence-corrected chi connectivity index (χ4v) is 7.05. The summed E-state index contributed by atoms with van der Waals surface area (Å²) >= 11 is 0. The van der Waals surface area contributed by atoms with E-state index in [9.17, 15) is 0 Å². The molecule has 2 aromatic rings. The minimum atomic E-state index is 0.886. The fraction of sp³-hybridized carbons (Fsp3) is 0.667. The van der Waals surface area contributed by atoms with Crippen LogP contribution in [-0.2, 0) is 13.1 Å². The largest absolute Gasteiger partial charge is 0.496 e. The summed E-state index contributed by atoms with van der Waals surface area (Å²) < 4.78 is 10.8. The maximum absolute atomic E-state index is 5.41. The number of rotatable bonds is 31. The van der Waals surface area contributed by atoms with E-state index in [1.165, 1.54) is 99.7 Å². The Labute approximate surface area is 277 Å². The van der Waals surface area contributed by atoms with Crippen LogP contribution in [0.1, 0.15) is 88.2 Å². The zero-order valence-electron chi connectivity index (χ0n) is 27.8. The van der Waals surface area contributed by atoms with Crippen LogP contribution in [0.2, 0.25) is 0 Å². The van der Waals surface area contributed by atoms with Gasteiger partial charge in [0.15, 0.2) is 0 Å². The van der Waals surface area contributed by atoms with Crippen molar-refractivity contribution in [3.63, 3.8) is 0 Å². The van der Waals surface area contributed by atoms with Gasteiger partial charge in [0.25, 0.3) is 0 Å². The van der Waals surface area contributed by atoms with E-state index in [1.54, 1.807) is 14.2 Å². The van der Waals surface area contributed by atoms with Gasteiger partial charge in [0.2, 0.25) is 0 Å². The second kappa shape index (κ2) is 29.0. The van der Waals surface area contributed by atoms with Crippen molar-refractivity contribution in [2.75, 3.05) is 65.0 Å². The highest BCUT2D eigenvalue weighted by Crippen LogP contribution is 2.20. The minimum Gasteiger partial charge on any atom is -0.496 e. The molecule has 0 aliphatic carbocycles. The number of para-hydroxylation sites is 2. The highest BCUT2D eigenvalue weighted by atomic mass is 33.1. The Morgan fingerprint density at radius 1 is 0.432 bits per heavy atom. The average molecular weight is 647 g/mol. The summed E-state index contributed by atoms with van der Waals surface area (Å²) in [5.41, 5.74) is 2.47. The molecule has 6 nitrogen and oxygen atoms in total. The summed E-state index contributed by atoms with van der Waals surface area (Å²) in [4.78, 5) is 0. The topological polar surface area (TPSA) is 66.6 Å². The van der Waals surface area contributed by atoms with Crippen LogP contribution in [0.15, 0.2) is 48.5 Å². The van der Waals surface area contributed by atoms with Crippen molar-refractivity contribution in [2.45, 2.75) is 90.1 Å². The SMILES string of the molecule is COc1ccccc1CNCCCCCCCCNCCSSCCNCCCCCCCCNCc1ccccc1OC. The maximum atomic E-state index is 5.41. The summed E-state index contributed by atoms with van der Waals surface area (Å²) in [5, 5.41) is 14.3. The van der Waals surface area contributed by atoms with Gasteiger partial charge in [-0.2, -0.15) is 0 Å². The Balaban J connectivity index is 1.19. The van der Waals surface area contributed by atoms with Crippen molar-refractivity contribution in [3.8, 4) is 11.5 Å². The van der Waals surface area contributed by atoms with Crippen LogP contribution in [0.25, 0.3) is 0 Å². The maximum Gasteiger partial charge on any atom is 0.123 e. The van der Waals surface area contributed by atoms with Crippen molar-refractivity contribution in [1.29, 1.82) is 0 Å². The van der Waals surface area contributed by atoms with E-state index in [0.717, 1.165) is 63.9 Å². The highest BCUT2D eigenvalue weighted by molar-refractivity contribution is 8.76. The fourth-order valence-electron chi connectivity index (χ4n) is 5.15. The zero-order chi connectivity index (χ0) is 31.2. The molecule has 250 valence electrons. The monoisotopic (exact) mass is 646 g/mol. The quantitative estimate of drug-likeness (QED) is 0.0489. The number of nitrogens with one attached hydrogen (secondary N) is 4. The van der Waals surface area contributed by atoms with Crippen LogP contribution in [0.5, 0.6) is 11.5 Å². The number of hydrogen-bond acceptors (Lipinski definition) is 8. The van der Waals surface area contributed by atoms with Crippen LogP contribution in [0, 0.1) is 0 Å². The van der Waals surface area contributed by atoms with E-state index in [4.69, 9.17) is 9.47 Å². The van der Waals surface area contributed by atoms with E-state index in [-0.39, 0.29) is 0 Å². The lowest BCUT2D eigenvalue weighted by atomic mass is 10.1. The lowest BCUT2D eigenvalue weighted by molar-refractivity contribution is 0.407.